The molecule has 24 heavy (non-hydrogen) atoms. The molecule has 0 aliphatic heterocycles. The Labute approximate surface area is 141 Å². The molecule has 0 radical (unpaired) electrons. The second kappa shape index (κ2) is 6.47. The van der Waals surface area contributed by atoms with Gasteiger partial charge in [0.2, 0.25) is 0 Å². The highest BCUT2D eigenvalue weighted by Crippen LogP contribution is 2.23. The first kappa shape index (κ1) is 14.3. The molecule has 2 heteroatoms. The van der Waals surface area contributed by atoms with Crippen molar-refractivity contribution in [3.63, 3.8) is 0 Å². The van der Waals surface area contributed by atoms with Crippen LogP contribution in [-0.4, -0.2) is 9.97 Å². The van der Waals surface area contributed by atoms with Crippen LogP contribution in [0.3, 0.4) is 0 Å². The van der Waals surface area contributed by atoms with Gasteiger partial charge in [0, 0.05) is 10.9 Å². The summed E-state index contributed by atoms with van der Waals surface area (Å²) < 4.78 is 0. The Morgan fingerprint density at radius 1 is 0.583 bits per heavy atom. The van der Waals surface area contributed by atoms with E-state index in [2.05, 4.69) is 30.4 Å². The predicted octanol–water partition coefficient (Wildman–Crippen LogP) is 5.47. The largest absolute Gasteiger partial charge is 0.228 e. The molecule has 0 atom stereocenters. The minimum absolute atomic E-state index is 0.752. The number of hydrogen-bond acceptors (Lipinski definition) is 2. The Balaban J connectivity index is 1.85. The highest BCUT2D eigenvalue weighted by atomic mass is 14.9. The molecule has 0 saturated carbocycles. The van der Waals surface area contributed by atoms with Crippen LogP contribution in [0, 0.1) is 0 Å². The fraction of sp³-hybridized carbons (Fsp3) is 0. The Bertz CT molecular complexity index is 990. The third kappa shape index (κ3) is 2.95. The molecule has 1 heterocycles. The number of benzene rings is 3. The molecule has 2 nitrogen and oxygen atoms in total. The van der Waals surface area contributed by atoms with Crippen LogP contribution >= 0.6 is 0 Å². The predicted molar refractivity (Wildman–Crippen MR) is 100 cm³/mol. The second-order valence-corrected chi connectivity index (χ2v) is 5.56. The summed E-state index contributed by atoms with van der Waals surface area (Å²) in [5.41, 5.74) is 4.07. The lowest BCUT2D eigenvalue weighted by atomic mass is 10.1. The standard InChI is InChI=1S/C22H16N2/c1-3-9-17(10-4-1)15-16-21-19-13-7-8-14-20(19)23-22(24-21)18-11-5-2-6-12-18/h1-16H/b16-15+. The van der Waals surface area contributed by atoms with Crippen molar-refractivity contribution in [3.05, 3.63) is 96.2 Å². The quantitative estimate of drug-likeness (QED) is 0.501. The van der Waals surface area contributed by atoms with E-state index in [-0.39, 0.29) is 0 Å². The average molecular weight is 308 g/mol. The maximum absolute atomic E-state index is 4.79. The first-order chi connectivity index (χ1) is 11.9. The molecule has 0 amide bonds. The fourth-order valence-electron chi connectivity index (χ4n) is 2.68. The lowest BCUT2D eigenvalue weighted by Crippen LogP contribution is -1.94. The van der Waals surface area contributed by atoms with Gasteiger partial charge in [0.15, 0.2) is 5.82 Å². The molecular formula is C22H16N2. The van der Waals surface area contributed by atoms with E-state index < -0.39 is 0 Å². The molecule has 0 fully saturated rings. The number of fused-ring (bicyclic) bond motifs is 1. The summed E-state index contributed by atoms with van der Waals surface area (Å²) in [4.78, 5) is 9.50. The smallest absolute Gasteiger partial charge is 0.160 e. The highest BCUT2D eigenvalue weighted by Gasteiger charge is 2.07. The lowest BCUT2D eigenvalue weighted by Gasteiger charge is -2.06. The zero-order valence-corrected chi connectivity index (χ0v) is 13.1. The first-order valence-electron chi connectivity index (χ1n) is 7.95. The fourth-order valence-corrected chi connectivity index (χ4v) is 2.68. The van der Waals surface area contributed by atoms with Gasteiger partial charge in [0.25, 0.3) is 0 Å². The number of nitrogens with zero attached hydrogens (tertiary/aromatic N) is 2. The summed E-state index contributed by atoms with van der Waals surface area (Å²) in [6.07, 6.45) is 4.15. The van der Waals surface area contributed by atoms with Crippen molar-refractivity contribution in [1.82, 2.24) is 9.97 Å². The summed E-state index contributed by atoms with van der Waals surface area (Å²) in [7, 11) is 0. The van der Waals surface area contributed by atoms with Crippen LogP contribution in [-0.2, 0) is 0 Å². The van der Waals surface area contributed by atoms with E-state index in [0.717, 1.165) is 33.5 Å². The van der Waals surface area contributed by atoms with E-state index in [1.807, 2.05) is 66.7 Å². The van der Waals surface area contributed by atoms with Gasteiger partial charge in [-0.25, -0.2) is 9.97 Å². The molecule has 0 unspecified atom stereocenters. The summed E-state index contributed by atoms with van der Waals surface area (Å²) in [5, 5.41) is 1.06. The van der Waals surface area contributed by atoms with Gasteiger partial charge >= 0.3 is 0 Å². The first-order valence-corrected chi connectivity index (χ1v) is 7.95. The third-order valence-corrected chi connectivity index (χ3v) is 3.90. The second-order valence-electron chi connectivity index (χ2n) is 5.56. The van der Waals surface area contributed by atoms with Crippen molar-refractivity contribution in [1.29, 1.82) is 0 Å². The van der Waals surface area contributed by atoms with Crippen LogP contribution in [0.5, 0.6) is 0 Å². The topological polar surface area (TPSA) is 25.8 Å². The molecular weight excluding hydrogens is 292 g/mol. The monoisotopic (exact) mass is 308 g/mol. The molecule has 0 saturated heterocycles. The van der Waals surface area contributed by atoms with E-state index >= 15 is 0 Å². The Kier molecular flexibility index (Phi) is 3.86. The van der Waals surface area contributed by atoms with E-state index in [9.17, 15) is 0 Å². The van der Waals surface area contributed by atoms with E-state index in [1.54, 1.807) is 0 Å². The van der Waals surface area contributed by atoms with Crippen molar-refractivity contribution >= 4 is 23.1 Å². The van der Waals surface area contributed by atoms with Crippen LogP contribution in [0.4, 0.5) is 0 Å². The summed E-state index contributed by atoms with van der Waals surface area (Å²) in [6.45, 7) is 0. The van der Waals surface area contributed by atoms with Crippen LogP contribution in [0.1, 0.15) is 11.3 Å². The van der Waals surface area contributed by atoms with Gasteiger partial charge in [0.1, 0.15) is 0 Å². The number of aromatic nitrogens is 2. The van der Waals surface area contributed by atoms with Gasteiger partial charge in [-0.2, -0.15) is 0 Å². The normalized spacial score (nSPS) is 11.2. The van der Waals surface area contributed by atoms with Crippen molar-refractivity contribution in [3.8, 4) is 11.4 Å². The third-order valence-electron chi connectivity index (χ3n) is 3.90. The minimum atomic E-state index is 0.752. The van der Waals surface area contributed by atoms with Gasteiger partial charge < -0.3 is 0 Å². The Morgan fingerprint density at radius 2 is 1.25 bits per heavy atom. The summed E-state index contributed by atoms with van der Waals surface area (Å²) in [6, 6.07) is 28.5. The average Bonchev–Trinajstić information content (AvgIpc) is 2.67. The SMILES string of the molecule is C(=C\c1nc(-c2ccccc2)nc2ccccc12)/c1ccccc1. The number of rotatable bonds is 3. The van der Waals surface area contributed by atoms with Gasteiger partial charge in [-0.05, 0) is 17.7 Å². The van der Waals surface area contributed by atoms with Crippen molar-refractivity contribution in [2.75, 3.05) is 0 Å². The number of hydrogen-bond donors (Lipinski definition) is 0. The van der Waals surface area contributed by atoms with E-state index in [0.29, 0.717) is 0 Å². The molecule has 0 spiro atoms. The molecule has 0 aliphatic carbocycles. The van der Waals surface area contributed by atoms with Crippen LogP contribution in [0.2, 0.25) is 0 Å². The molecule has 1 aromatic heterocycles. The molecule has 4 aromatic rings. The van der Waals surface area contributed by atoms with Crippen LogP contribution in [0.15, 0.2) is 84.9 Å². The zero-order valence-electron chi connectivity index (χ0n) is 13.1. The van der Waals surface area contributed by atoms with Crippen molar-refractivity contribution < 1.29 is 0 Å². The van der Waals surface area contributed by atoms with Gasteiger partial charge in [-0.1, -0.05) is 84.9 Å². The van der Waals surface area contributed by atoms with Gasteiger partial charge in [-0.15, -0.1) is 0 Å². The molecule has 0 bridgehead atoms. The van der Waals surface area contributed by atoms with Crippen LogP contribution < -0.4 is 0 Å². The molecule has 3 aromatic carbocycles. The molecule has 0 aliphatic rings. The number of para-hydroxylation sites is 1. The lowest BCUT2D eigenvalue weighted by molar-refractivity contribution is 1.21. The Morgan fingerprint density at radius 3 is 2.04 bits per heavy atom. The molecule has 114 valence electrons. The Hall–Kier alpha value is -3.26. The molecule has 0 N–H and O–H groups in total. The maximum Gasteiger partial charge on any atom is 0.160 e. The summed E-state index contributed by atoms with van der Waals surface area (Å²) in [5.74, 6) is 0.752. The summed E-state index contributed by atoms with van der Waals surface area (Å²) >= 11 is 0. The highest BCUT2D eigenvalue weighted by molar-refractivity contribution is 5.90. The van der Waals surface area contributed by atoms with Gasteiger partial charge in [-0.3, -0.25) is 0 Å². The molecule has 4 rings (SSSR count). The van der Waals surface area contributed by atoms with Crippen molar-refractivity contribution in [2.24, 2.45) is 0 Å². The van der Waals surface area contributed by atoms with E-state index in [4.69, 9.17) is 9.97 Å². The van der Waals surface area contributed by atoms with Gasteiger partial charge in [0.05, 0.1) is 11.2 Å². The van der Waals surface area contributed by atoms with Crippen molar-refractivity contribution in [2.45, 2.75) is 0 Å². The zero-order chi connectivity index (χ0) is 16.2. The minimum Gasteiger partial charge on any atom is -0.228 e. The maximum atomic E-state index is 4.79. The van der Waals surface area contributed by atoms with Crippen LogP contribution in [0.25, 0.3) is 34.4 Å². The van der Waals surface area contributed by atoms with E-state index in [1.165, 1.54) is 0 Å².